The first-order valence-electron chi connectivity index (χ1n) is 6.51. The second kappa shape index (κ2) is 26.4. The fourth-order valence-corrected chi connectivity index (χ4v) is 2.53. The van der Waals surface area contributed by atoms with E-state index in [-0.39, 0.29) is 59.2 Å². The van der Waals surface area contributed by atoms with Crippen molar-refractivity contribution >= 4 is 34.0 Å². The predicted octanol–water partition coefficient (Wildman–Crippen LogP) is -0.310. The summed E-state index contributed by atoms with van der Waals surface area (Å²) in [6, 6.07) is 11.9. The predicted molar refractivity (Wildman–Crippen MR) is 107 cm³/mol. The third-order valence-electron chi connectivity index (χ3n) is 1.95. The summed E-state index contributed by atoms with van der Waals surface area (Å²) >= 11 is 4.99. The van der Waals surface area contributed by atoms with Crippen molar-refractivity contribution < 1.29 is 47.6 Å². The Morgan fingerprint density at radius 2 is 1.64 bits per heavy atom. The Balaban J connectivity index is -0.000000116. The van der Waals surface area contributed by atoms with Crippen molar-refractivity contribution in [1.82, 2.24) is 0 Å². The van der Waals surface area contributed by atoms with Crippen LogP contribution >= 0.6 is 34.0 Å². The van der Waals surface area contributed by atoms with Crippen molar-refractivity contribution in [2.75, 3.05) is 19.8 Å². The number of thiophene rings is 3. The van der Waals surface area contributed by atoms with Gasteiger partial charge in [0, 0.05) is 17.9 Å². The smallest absolute Gasteiger partial charge is 0.396 e. The molecular formula is C18H26Li2O2S3. The minimum Gasteiger partial charge on any atom is -0.396 e. The van der Waals surface area contributed by atoms with E-state index in [2.05, 4.69) is 10.1 Å². The number of aliphatic hydroxyl groups excluding tert-OH is 1. The van der Waals surface area contributed by atoms with Crippen molar-refractivity contribution in [2.24, 2.45) is 0 Å². The Labute approximate surface area is 189 Å². The molecule has 130 valence electrons. The van der Waals surface area contributed by atoms with Crippen LogP contribution in [0, 0.1) is 12.8 Å². The third-order valence-corrected chi connectivity index (χ3v) is 4.08. The molecule has 0 saturated carbocycles. The van der Waals surface area contributed by atoms with Gasteiger partial charge in [-0.2, -0.15) is 22.8 Å². The summed E-state index contributed by atoms with van der Waals surface area (Å²) in [7, 11) is 0. The van der Waals surface area contributed by atoms with Crippen LogP contribution in [0.2, 0.25) is 0 Å². The standard InChI is InChI=1S/C6H8OS.C4H4S.C4H3S.C2H4O.CH4.CH3.2Li/c7-4-3-6-2-1-5-8-6;2*1-2-4-5-3-1;1-2-3-1;;;;/h1-2,5,7H,3-4H2;1-4H;1-3H;1-2H2;1H4;1H3;;/q;;-1;;;-1;2*+1. The van der Waals surface area contributed by atoms with E-state index in [1.807, 2.05) is 57.9 Å². The molecule has 3 aromatic heterocycles. The fraction of sp³-hybridized carbons (Fsp3) is 0.278. The number of hydrogen-bond donors (Lipinski definition) is 1. The van der Waals surface area contributed by atoms with Gasteiger partial charge < -0.3 is 28.6 Å². The summed E-state index contributed by atoms with van der Waals surface area (Å²) in [4.78, 5) is 1.26. The molecule has 25 heavy (non-hydrogen) atoms. The second-order valence-electron chi connectivity index (χ2n) is 3.69. The average Bonchev–Trinajstić information content (AvgIpc) is 3.05. The van der Waals surface area contributed by atoms with E-state index >= 15 is 0 Å². The molecule has 7 heteroatoms. The van der Waals surface area contributed by atoms with E-state index in [0.717, 1.165) is 19.6 Å². The summed E-state index contributed by atoms with van der Waals surface area (Å²) in [5.41, 5.74) is 0. The van der Waals surface area contributed by atoms with Gasteiger partial charge in [-0.15, -0.1) is 16.7 Å². The number of hydrogen-bond acceptors (Lipinski definition) is 5. The molecule has 0 amide bonds. The molecule has 0 aliphatic carbocycles. The molecule has 4 rings (SSSR count). The van der Waals surface area contributed by atoms with Crippen LogP contribution in [0.5, 0.6) is 0 Å². The normalized spacial score (nSPS) is 9.16. The Hall–Kier alpha value is 0.215. The van der Waals surface area contributed by atoms with E-state index in [9.17, 15) is 0 Å². The van der Waals surface area contributed by atoms with Crippen LogP contribution < -0.4 is 37.7 Å². The van der Waals surface area contributed by atoms with Crippen LogP contribution in [0.4, 0.5) is 0 Å². The van der Waals surface area contributed by atoms with Crippen molar-refractivity contribution in [3.63, 3.8) is 0 Å². The molecule has 1 fully saturated rings. The van der Waals surface area contributed by atoms with E-state index in [0.29, 0.717) is 0 Å². The molecule has 0 spiro atoms. The van der Waals surface area contributed by atoms with Crippen molar-refractivity contribution in [3.05, 3.63) is 75.6 Å². The minimum atomic E-state index is 0. The minimum absolute atomic E-state index is 0. The van der Waals surface area contributed by atoms with Gasteiger partial charge in [-0.05, 0) is 22.2 Å². The van der Waals surface area contributed by atoms with Crippen LogP contribution in [0.15, 0.2) is 57.9 Å². The zero-order valence-corrected chi connectivity index (χ0v) is 17.1. The molecule has 2 nitrogen and oxygen atoms in total. The van der Waals surface area contributed by atoms with E-state index in [4.69, 9.17) is 5.11 Å². The maximum absolute atomic E-state index is 8.44. The summed E-state index contributed by atoms with van der Waals surface area (Å²) in [6.07, 6.45) is 0.803. The maximum Gasteiger partial charge on any atom is 1.00 e. The van der Waals surface area contributed by atoms with Gasteiger partial charge in [0.2, 0.25) is 0 Å². The van der Waals surface area contributed by atoms with Crippen LogP contribution in [0.25, 0.3) is 0 Å². The first-order valence-corrected chi connectivity index (χ1v) is 9.21. The summed E-state index contributed by atoms with van der Waals surface area (Å²) in [6.45, 7) is 2.26. The second-order valence-corrected chi connectivity index (χ2v) is 6.28. The van der Waals surface area contributed by atoms with Crippen molar-refractivity contribution in [2.45, 2.75) is 13.8 Å². The fourth-order valence-electron chi connectivity index (χ4n) is 0.988. The van der Waals surface area contributed by atoms with Crippen LogP contribution in [-0.2, 0) is 11.2 Å². The van der Waals surface area contributed by atoms with E-state index < -0.39 is 0 Å². The molecule has 0 radical (unpaired) electrons. The molecule has 3 aromatic rings. The molecule has 0 unspecified atom stereocenters. The molecule has 4 heterocycles. The Morgan fingerprint density at radius 3 is 1.88 bits per heavy atom. The molecule has 1 saturated heterocycles. The molecule has 0 bridgehead atoms. The first kappa shape index (κ1) is 32.9. The maximum atomic E-state index is 8.44. The number of epoxide rings is 1. The monoisotopic (exact) mass is 384 g/mol. The van der Waals surface area contributed by atoms with Crippen LogP contribution in [0.3, 0.4) is 0 Å². The molecule has 0 atom stereocenters. The van der Waals surface area contributed by atoms with E-state index in [1.165, 1.54) is 4.88 Å². The van der Waals surface area contributed by atoms with E-state index in [1.54, 1.807) is 34.0 Å². The Morgan fingerprint density at radius 1 is 1.00 bits per heavy atom. The molecule has 1 aliphatic rings. The van der Waals surface area contributed by atoms with Gasteiger partial charge in [-0.25, -0.2) is 6.07 Å². The zero-order valence-electron chi connectivity index (χ0n) is 14.7. The largest absolute Gasteiger partial charge is 1.00 e. The third kappa shape index (κ3) is 26.6. The van der Waals surface area contributed by atoms with Gasteiger partial charge >= 0.3 is 37.7 Å². The Kier molecular flexibility index (Phi) is 34.7. The topological polar surface area (TPSA) is 32.8 Å². The van der Waals surface area contributed by atoms with Crippen LogP contribution in [0.1, 0.15) is 12.3 Å². The van der Waals surface area contributed by atoms with Crippen LogP contribution in [-0.4, -0.2) is 24.9 Å². The summed E-state index contributed by atoms with van der Waals surface area (Å²) in [5, 5.41) is 19.4. The summed E-state index contributed by atoms with van der Waals surface area (Å²) < 4.78 is 4.50. The molecule has 1 aliphatic heterocycles. The number of ether oxygens (including phenoxy) is 1. The van der Waals surface area contributed by atoms with Gasteiger partial charge in [0.15, 0.2) is 0 Å². The quantitative estimate of drug-likeness (QED) is 0.374. The van der Waals surface area contributed by atoms with Crippen molar-refractivity contribution in [1.29, 1.82) is 0 Å². The van der Waals surface area contributed by atoms with Gasteiger partial charge in [-0.3, -0.25) is 0 Å². The SMILES string of the molecule is C.C1CO1.OCCc1cccs1.[CH3-].[Li+].[Li+].[c-]1cccs1.c1ccsc1. The summed E-state index contributed by atoms with van der Waals surface area (Å²) in [5.74, 6) is 0. The van der Waals surface area contributed by atoms with Gasteiger partial charge in [0.05, 0.1) is 13.2 Å². The average molecular weight is 384 g/mol. The number of rotatable bonds is 2. The molecule has 1 N–H and O–H groups in total. The zero-order chi connectivity index (χ0) is 15.0. The number of aliphatic hydroxyl groups is 1. The van der Waals surface area contributed by atoms with Gasteiger partial charge in [0.1, 0.15) is 0 Å². The van der Waals surface area contributed by atoms with Gasteiger partial charge in [0.25, 0.3) is 0 Å². The Bertz CT molecular complexity index is 421. The molecule has 0 aromatic carbocycles. The van der Waals surface area contributed by atoms with Crippen molar-refractivity contribution in [3.8, 4) is 0 Å². The first-order chi connectivity index (χ1) is 10.4. The van der Waals surface area contributed by atoms with Gasteiger partial charge in [-0.1, -0.05) is 25.6 Å². The molecular weight excluding hydrogens is 358 g/mol.